The summed E-state index contributed by atoms with van der Waals surface area (Å²) in [6, 6.07) is 34.7. The second-order valence-electron chi connectivity index (χ2n) is 19.5. The van der Waals surface area contributed by atoms with Gasteiger partial charge in [-0.25, -0.2) is 0 Å². The first-order valence-corrected chi connectivity index (χ1v) is 35.0. The van der Waals surface area contributed by atoms with Crippen LogP contribution in [0.3, 0.4) is 0 Å². The fourth-order valence-corrected chi connectivity index (χ4v) is 14.7. The van der Waals surface area contributed by atoms with E-state index >= 15 is 0 Å². The third kappa shape index (κ3) is 27.2. The standard InChI is InChI=1S/2C27H31BrF2O7P2S.4Na/c2*1-18(2)12-19(3)35-26-11-10-23(14-27(26)39(32,33)34)22-7-4-20(5-8-22)16-40-17-21-6-9-24(25(28)13-21)15-38(31,36-29)37-30;;;;/h2*4-11,13-14,18-19H,12,15-17H2,1-3H3,(H2,32,33,34);;;;/q;;4*+1/p-4. The Kier molecular flexibility index (Phi) is 38.9. The molecule has 14 nitrogen and oxygen atoms in total. The summed E-state index contributed by atoms with van der Waals surface area (Å²) in [5.41, 5.74) is 7.40. The van der Waals surface area contributed by atoms with Gasteiger partial charge in [-0.2, -0.15) is 23.5 Å². The van der Waals surface area contributed by atoms with E-state index < -0.39 is 42.7 Å². The Balaban J connectivity index is 0.000000802. The molecule has 6 rings (SSSR count). The van der Waals surface area contributed by atoms with Crippen molar-refractivity contribution in [1.29, 1.82) is 0 Å². The molecule has 2 atom stereocenters. The molecule has 0 aromatic heterocycles. The van der Waals surface area contributed by atoms with Crippen LogP contribution in [-0.2, 0) is 72.5 Å². The molecule has 6 aromatic carbocycles. The van der Waals surface area contributed by atoms with Crippen molar-refractivity contribution in [3.8, 4) is 33.8 Å². The maximum atomic E-state index is 12.4. The third-order valence-electron chi connectivity index (χ3n) is 11.8. The van der Waals surface area contributed by atoms with Crippen LogP contribution in [0.2, 0.25) is 0 Å². The molecule has 0 fully saturated rings. The monoisotopic (exact) mass is 1440 g/mol. The molecule has 0 spiro atoms. The number of halogens is 6. The molecule has 0 saturated carbocycles. The molecule has 0 aliphatic rings. The van der Waals surface area contributed by atoms with Gasteiger partial charge in [0.1, 0.15) is 11.5 Å². The van der Waals surface area contributed by atoms with Crippen LogP contribution in [0.15, 0.2) is 130 Å². The second-order valence-corrected chi connectivity index (χ2v) is 29.8. The third-order valence-corrected chi connectivity index (χ3v) is 19.6. The number of benzene rings is 6. The van der Waals surface area contributed by atoms with Gasteiger partial charge in [-0.05, 0) is 164 Å². The Morgan fingerprint density at radius 2 is 0.714 bits per heavy atom. The van der Waals surface area contributed by atoms with Gasteiger partial charge in [0.2, 0.25) is 0 Å². The molecule has 0 aliphatic heterocycles. The largest absolute Gasteiger partial charge is 1.00 e. The van der Waals surface area contributed by atoms with Crippen LogP contribution in [0.5, 0.6) is 11.5 Å². The summed E-state index contributed by atoms with van der Waals surface area (Å²) in [7, 11) is -19.1. The first-order chi connectivity index (χ1) is 37.7. The van der Waals surface area contributed by atoms with Crippen molar-refractivity contribution >= 4 is 96.4 Å². The van der Waals surface area contributed by atoms with Gasteiger partial charge in [0, 0.05) is 42.6 Å². The van der Waals surface area contributed by atoms with E-state index in [4.69, 9.17) is 9.47 Å². The average molecular weight is 1450 g/mol. The molecule has 0 aliphatic carbocycles. The zero-order chi connectivity index (χ0) is 59.0. The van der Waals surface area contributed by atoms with E-state index in [0.29, 0.717) is 66.0 Å². The van der Waals surface area contributed by atoms with E-state index in [1.807, 2.05) is 90.1 Å². The summed E-state index contributed by atoms with van der Waals surface area (Å²) >= 11 is 9.90. The van der Waals surface area contributed by atoms with Gasteiger partial charge in [0.05, 0.1) is 24.5 Å². The van der Waals surface area contributed by atoms with Crippen molar-refractivity contribution in [3.05, 3.63) is 164 Å². The molecule has 0 amide bonds. The zero-order valence-electron chi connectivity index (χ0n) is 48.1. The maximum Gasteiger partial charge on any atom is 1.00 e. The van der Waals surface area contributed by atoms with Gasteiger partial charge in [0.15, 0.2) is 0 Å². The van der Waals surface area contributed by atoms with E-state index in [9.17, 15) is 55.9 Å². The minimum Gasteiger partial charge on any atom is -0.807 e. The summed E-state index contributed by atoms with van der Waals surface area (Å²) < 4.78 is 122. The van der Waals surface area contributed by atoms with Crippen molar-refractivity contribution in [2.24, 2.45) is 11.8 Å². The smallest absolute Gasteiger partial charge is 0.807 e. The van der Waals surface area contributed by atoms with Crippen LogP contribution in [0, 0.1) is 11.8 Å². The number of hydrogen-bond donors (Lipinski definition) is 0. The van der Waals surface area contributed by atoms with E-state index in [1.165, 1.54) is 24.3 Å². The molecule has 0 N–H and O–H groups in total. The van der Waals surface area contributed by atoms with E-state index in [2.05, 4.69) is 50.8 Å². The van der Waals surface area contributed by atoms with Crippen molar-refractivity contribution in [1.82, 2.24) is 0 Å². The van der Waals surface area contributed by atoms with Gasteiger partial charge in [-0.3, -0.25) is 9.13 Å². The van der Waals surface area contributed by atoms with Gasteiger partial charge in [-0.1, -0.05) is 144 Å². The van der Waals surface area contributed by atoms with Crippen LogP contribution >= 0.6 is 85.8 Å². The fourth-order valence-electron chi connectivity index (χ4n) is 8.19. The summed E-state index contributed by atoms with van der Waals surface area (Å²) in [6.07, 6.45) is -0.151. The maximum absolute atomic E-state index is 12.4. The van der Waals surface area contributed by atoms with Crippen LogP contribution in [0.25, 0.3) is 22.3 Å². The first-order valence-electron chi connectivity index (χ1n) is 24.6. The number of ether oxygens (including phenoxy) is 2. The van der Waals surface area contributed by atoms with Gasteiger partial charge in [0.25, 0.3) is 0 Å². The first kappa shape index (κ1) is 82.9. The molecule has 0 saturated heterocycles. The van der Waals surface area contributed by atoms with Crippen LogP contribution in [0.1, 0.15) is 87.8 Å². The fraction of sp³-hybridized carbons (Fsp3) is 0.333. The van der Waals surface area contributed by atoms with Gasteiger partial charge in [-0.15, -0.1) is 18.9 Å². The molecular weight excluding hydrogens is 1390 g/mol. The molecule has 2 unspecified atom stereocenters. The van der Waals surface area contributed by atoms with E-state index in [1.54, 1.807) is 72.1 Å². The zero-order valence-corrected chi connectivity index (χ0v) is 64.5. The Labute approximate surface area is 602 Å². The second kappa shape index (κ2) is 39.4. The average Bonchev–Trinajstić information content (AvgIpc) is 3.62. The topological polar surface area (TPSA) is 216 Å². The van der Waals surface area contributed by atoms with Crippen LogP contribution < -0.4 is 158 Å². The molecule has 84 heavy (non-hydrogen) atoms. The van der Waals surface area contributed by atoms with Crippen molar-refractivity contribution in [2.45, 2.75) is 102 Å². The van der Waals surface area contributed by atoms with Crippen molar-refractivity contribution < 1.29 is 203 Å². The molecule has 0 heterocycles. The summed E-state index contributed by atoms with van der Waals surface area (Å²) in [5.74, 6) is 3.50. The predicted octanol–water partition coefficient (Wildman–Crippen LogP) is 2.81. The molecule has 0 bridgehead atoms. The van der Waals surface area contributed by atoms with Crippen LogP contribution in [0.4, 0.5) is 18.1 Å². The quantitative estimate of drug-likeness (QED) is 0.0392. The predicted molar refractivity (Wildman–Crippen MR) is 307 cm³/mol. The number of thioether (sulfide) groups is 2. The van der Waals surface area contributed by atoms with Crippen LogP contribution in [-0.4, -0.2) is 12.2 Å². The molecule has 30 heteroatoms. The van der Waals surface area contributed by atoms with Gasteiger partial charge >= 0.3 is 133 Å². The van der Waals surface area contributed by atoms with E-state index in [0.717, 1.165) is 46.2 Å². The molecule has 6 aromatic rings. The van der Waals surface area contributed by atoms with Gasteiger partial charge < -0.3 is 38.2 Å². The normalized spacial score (nSPS) is 12.4. The Morgan fingerprint density at radius 1 is 0.429 bits per heavy atom. The minimum atomic E-state index is -5.06. The number of hydrogen-bond acceptors (Lipinski definition) is 16. The Morgan fingerprint density at radius 3 is 0.988 bits per heavy atom. The Bertz CT molecular complexity index is 2990. The summed E-state index contributed by atoms with van der Waals surface area (Å²) in [4.78, 5) is 48.0. The Hall–Kier alpha value is 0.900. The minimum absolute atomic E-state index is 0. The van der Waals surface area contributed by atoms with Crippen molar-refractivity contribution in [2.75, 3.05) is 0 Å². The molecule has 436 valence electrons. The van der Waals surface area contributed by atoms with Crippen molar-refractivity contribution in [3.63, 3.8) is 0 Å². The molecular formula is C54H58Br2F4Na4O14P4S2. The number of rotatable bonds is 28. The SMILES string of the molecule is CC(C)CC(C)Oc1ccc(-c2ccc(CSCc3ccc(CP(=O)(OF)OF)c(Br)c3)cc2)cc1P(=O)([O-])[O-].CC(C)CC(C)Oc1ccc(-c2ccc(CSCc3ccc(CP(=O)(OF)OF)c(Br)c3)cc2)cc1P(=O)([O-])[O-].[Na+].[Na+].[Na+].[Na+]. The molecule has 0 radical (unpaired) electrons. The summed E-state index contributed by atoms with van der Waals surface area (Å²) in [6.45, 7) is 11.8. The van der Waals surface area contributed by atoms with E-state index in [-0.39, 0.29) is 153 Å². The summed E-state index contributed by atoms with van der Waals surface area (Å²) in [5, 5.41) is -0.704.